The molecule has 0 bridgehead atoms. The van der Waals surface area contributed by atoms with Crippen molar-refractivity contribution in [2.45, 2.75) is 0 Å². The van der Waals surface area contributed by atoms with Gasteiger partial charge in [0.2, 0.25) is 0 Å². The molecule has 0 saturated carbocycles. The quantitative estimate of drug-likeness (QED) is 0.156. The molecule has 0 fully saturated rings. The minimum atomic E-state index is -3.78. The molecule has 4 heterocycles. The molecule has 0 atom stereocenters. The Labute approximate surface area is 367 Å². The summed E-state index contributed by atoms with van der Waals surface area (Å²) in [5.74, 6) is 0.722. The Hall–Kier alpha value is -7.80. The third-order valence-electron chi connectivity index (χ3n) is 13.2. The van der Waals surface area contributed by atoms with E-state index in [1.165, 1.54) is 55.9 Å². The average Bonchev–Trinajstić information content (AvgIpc) is 3.99. The Kier molecular flexibility index (Phi) is 8.05. The van der Waals surface area contributed by atoms with Crippen molar-refractivity contribution in [1.29, 1.82) is 0 Å². The molecule has 0 unspecified atom stereocenters. The maximum absolute atomic E-state index is 5.98. The van der Waals surface area contributed by atoms with Gasteiger partial charge in [0.15, 0.2) is 0 Å². The van der Waals surface area contributed by atoms with Crippen molar-refractivity contribution >= 4 is 74.6 Å². The zero-order valence-corrected chi connectivity index (χ0v) is 36.3. The van der Waals surface area contributed by atoms with Gasteiger partial charge in [-0.1, -0.05) is 6.07 Å². The van der Waals surface area contributed by atoms with Crippen molar-refractivity contribution in [3.8, 4) is 45.1 Å². The van der Waals surface area contributed by atoms with E-state index < -0.39 is 13.3 Å². The van der Waals surface area contributed by atoms with Gasteiger partial charge in [-0.3, -0.25) is 0 Å². The van der Waals surface area contributed by atoms with Crippen LogP contribution in [0.25, 0.3) is 88.8 Å². The second-order valence-electron chi connectivity index (χ2n) is 16.4. The van der Waals surface area contributed by atoms with E-state index in [1.807, 2.05) is 0 Å². The Morgan fingerprint density at radius 2 is 0.857 bits per heavy atom. The van der Waals surface area contributed by atoms with E-state index in [0.29, 0.717) is 0 Å². The van der Waals surface area contributed by atoms with Crippen molar-refractivity contribution in [2.24, 2.45) is 0 Å². The second kappa shape index (κ2) is 14.1. The monoisotopic (exact) mass is 864 g/mol. The van der Waals surface area contributed by atoms with Crippen LogP contribution in [0.4, 0.5) is 0 Å². The molecule has 0 aliphatic carbocycles. The molecule has 5 heteroatoms. The molecule has 0 amide bonds. The van der Waals surface area contributed by atoms with Gasteiger partial charge in [0.05, 0.1) is 0 Å². The Bertz CT molecular complexity index is 3690. The molecule has 9 aromatic carbocycles. The molecule has 4 nitrogen and oxygen atoms in total. The van der Waals surface area contributed by atoms with Gasteiger partial charge < -0.3 is 0 Å². The zero-order chi connectivity index (χ0) is 41.5. The van der Waals surface area contributed by atoms with Gasteiger partial charge in [-0.25, -0.2) is 0 Å². The number of para-hydroxylation sites is 4. The molecule has 12 aromatic rings. The average molecular weight is 864 g/mol. The van der Waals surface area contributed by atoms with Crippen molar-refractivity contribution in [3.63, 3.8) is 0 Å². The van der Waals surface area contributed by atoms with Crippen LogP contribution in [-0.2, 0) is 0 Å². The van der Waals surface area contributed by atoms with Crippen LogP contribution in [0, 0.1) is 0 Å². The van der Waals surface area contributed by atoms with E-state index in [-0.39, 0.29) is 0 Å². The topological polar surface area (TPSA) is 35.6 Å². The van der Waals surface area contributed by atoms with Gasteiger partial charge in [-0.2, -0.15) is 0 Å². The van der Waals surface area contributed by atoms with Crippen molar-refractivity contribution < 1.29 is 0 Å². The van der Waals surface area contributed by atoms with E-state index in [1.54, 1.807) is 0 Å². The normalized spacial score (nSPS) is 12.9. The molecule has 0 saturated heterocycles. The summed E-state index contributed by atoms with van der Waals surface area (Å²) in [5, 5.41) is 4.84. The van der Waals surface area contributed by atoms with Crippen LogP contribution in [0.3, 0.4) is 0 Å². The number of rotatable bonds is 6. The number of benzene rings is 9. The summed E-state index contributed by atoms with van der Waals surface area (Å²) in [6, 6.07) is 84.0. The van der Waals surface area contributed by atoms with Gasteiger partial charge in [0.1, 0.15) is 0 Å². The Morgan fingerprint density at radius 3 is 1.51 bits per heavy atom. The Balaban J connectivity index is 1.18. The summed E-state index contributed by atoms with van der Waals surface area (Å²) in [7, 11) is 0. The molecule has 1 aliphatic heterocycles. The third kappa shape index (κ3) is 5.16. The number of aromatic nitrogens is 4. The van der Waals surface area contributed by atoms with Gasteiger partial charge in [-0.05, 0) is 0 Å². The Morgan fingerprint density at radius 1 is 0.365 bits per heavy atom. The SMILES string of the molecule is c1ccc(-c2nc(-c3ccccc3-n3c4ccccc4c4ccc5c6ccccc6n(-c6ccccc6)c5c43)n[c]3c2-c2cccc[c]2[Ge]3([c]2ccccc2)[c]2ccccc2)cc1. The summed E-state index contributed by atoms with van der Waals surface area (Å²) in [6.07, 6.45) is 0. The first kappa shape index (κ1) is 35.9. The summed E-state index contributed by atoms with van der Waals surface area (Å²) in [5.41, 5.74) is 12.2. The first-order chi connectivity index (χ1) is 31.3. The number of fused-ring (bicyclic) bond motifs is 10. The van der Waals surface area contributed by atoms with E-state index in [0.717, 1.165) is 50.6 Å². The molecule has 0 radical (unpaired) electrons. The summed E-state index contributed by atoms with van der Waals surface area (Å²) >= 11 is -3.78. The fourth-order valence-corrected chi connectivity index (χ4v) is 21.1. The molecule has 0 spiro atoms. The molecule has 1 aliphatic rings. The molecule has 3 aromatic heterocycles. The third-order valence-corrected chi connectivity index (χ3v) is 23.1. The predicted molar refractivity (Wildman–Crippen MR) is 264 cm³/mol. The van der Waals surface area contributed by atoms with Crippen LogP contribution < -0.4 is 17.7 Å². The van der Waals surface area contributed by atoms with Crippen LogP contribution >= 0.6 is 0 Å². The summed E-state index contributed by atoms with van der Waals surface area (Å²) in [6.45, 7) is 0. The molecular weight excluding hydrogens is 825 g/mol. The molecule has 13 rings (SSSR count). The number of nitrogens with zero attached hydrogens (tertiary/aromatic N) is 4. The van der Waals surface area contributed by atoms with Gasteiger partial charge in [0.25, 0.3) is 0 Å². The van der Waals surface area contributed by atoms with Gasteiger partial charge in [0, 0.05) is 0 Å². The first-order valence-corrected chi connectivity index (χ1v) is 25.8. The number of hydrogen-bond acceptors (Lipinski definition) is 2. The number of hydrogen-bond donors (Lipinski definition) is 0. The first-order valence-electron chi connectivity index (χ1n) is 21.6. The van der Waals surface area contributed by atoms with E-state index >= 15 is 0 Å². The van der Waals surface area contributed by atoms with Gasteiger partial charge >= 0.3 is 363 Å². The summed E-state index contributed by atoms with van der Waals surface area (Å²) < 4.78 is 10.2. The van der Waals surface area contributed by atoms with Crippen LogP contribution in [0.2, 0.25) is 0 Å². The molecular formula is C58H38GeN4. The van der Waals surface area contributed by atoms with Crippen molar-refractivity contribution in [2.75, 3.05) is 0 Å². The minimum absolute atomic E-state index is 0.722. The molecule has 0 N–H and O–H groups in total. The summed E-state index contributed by atoms with van der Waals surface area (Å²) in [4.78, 5) is 11.7. The predicted octanol–water partition coefficient (Wildman–Crippen LogP) is 11.4. The van der Waals surface area contributed by atoms with Gasteiger partial charge in [-0.15, -0.1) is 0 Å². The molecule has 63 heavy (non-hydrogen) atoms. The van der Waals surface area contributed by atoms with Crippen LogP contribution in [-0.4, -0.2) is 32.4 Å². The van der Waals surface area contributed by atoms with E-state index in [9.17, 15) is 0 Å². The van der Waals surface area contributed by atoms with Crippen molar-refractivity contribution in [3.05, 3.63) is 231 Å². The fourth-order valence-electron chi connectivity index (χ4n) is 10.6. The standard InChI is InChI=1S/C58H38GeN4/c1-5-21-39(22-6-1)54-53-47-31-13-17-33-49(47)59(40-23-7-2-8-24-40,41-25-9-3-10-26-41)57(53)61-58(60-54)48-32-16-20-36-52(48)63-51-35-19-15-30-44(51)46-38-37-45-43-29-14-18-34-50(43)62(55(45)56(46)63)42-27-11-4-12-28-42/h1-38H. The van der Waals surface area contributed by atoms with E-state index in [4.69, 9.17) is 9.97 Å². The fraction of sp³-hybridized carbons (Fsp3) is 0. The zero-order valence-electron chi connectivity index (χ0n) is 34.2. The van der Waals surface area contributed by atoms with Crippen LogP contribution in [0.5, 0.6) is 0 Å². The van der Waals surface area contributed by atoms with Crippen molar-refractivity contribution in [1.82, 2.24) is 19.1 Å². The second-order valence-corrected chi connectivity index (χ2v) is 24.1. The maximum atomic E-state index is 5.98. The molecule has 294 valence electrons. The van der Waals surface area contributed by atoms with E-state index in [2.05, 4.69) is 240 Å². The van der Waals surface area contributed by atoms with Crippen LogP contribution in [0.1, 0.15) is 0 Å². The van der Waals surface area contributed by atoms with Crippen LogP contribution in [0.15, 0.2) is 231 Å².